The summed E-state index contributed by atoms with van der Waals surface area (Å²) in [6.45, 7) is 0. The first kappa shape index (κ1) is 55.5. The second-order valence-corrected chi connectivity index (χ2v) is 35.3. The SMILES string of the molecule is CO.CO.[Cl][Re]([Cl])[Cl].c1ccc(P(CCCP(c2ccccc2)c2ccccc2)c2ccccc2)cc1.c1ccc(P(CCCP(c2ccccc2)c2ccccc2)c2ccccc2)cc1. The second-order valence-electron chi connectivity index (χ2n) is 14.2. The molecule has 0 radical (unpaired) electrons. The standard InChI is InChI=1S/2C27H26P2.2CH4O.3ClH.Re/c2*1-5-14-24(15-6-1)28(25-16-7-2-8-17-25)22-13-23-29(26-18-9-3-10-19-26)27-20-11-4-12-21-27;2*1-2;;;;/h2*1-12,14-21H,13,22-23H2;2*2H,1H3;3*1H;/q;;;;;;;+3/p-3. The van der Waals surface area contributed by atoms with Crippen molar-refractivity contribution >= 4 is 103 Å². The van der Waals surface area contributed by atoms with Gasteiger partial charge in [-0.1, -0.05) is 243 Å². The summed E-state index contributed by atoms with van der Waals surface area (Å²) < 4.78 is 0. The minimum absolute atomic E-state index is 0.309. The van der Waals surface area contributed by atoms with Crippen LogP contribution in [0.4, 0.5) is 0 Å². The van der Waals surface area contributed by atoms with E-state index in [9.17, 15) is 0 Å². The Hall–Kier alpha value is -3.07. The molecule has 0 heterocycles. The predicted molar refractivity (Wildman–Crippen MR) is 299 cm³/mol. The molecule has 0 aliphatic carbocycles. The zero-order chi connectivity index (χ0) is 47.0. The van der Waals surface area contributed by atoms with Gasteiger partial charge in [0.05, 0.1) is 0 Å². The van der Waals surface area contributed by atoms with Gasteiger partial charge < -0.3 is 10.2 Å². The fourth-order valence-electron chi connectivity index (χ4n) is 7.27. The van der Waals surface area contributed by atoms with E-state index in [4.69, 9.17) is 38.8 Å². The molecule has 66 heavy (non-hydrogen) atoms. The number of aliphatic hydroxyl groups is 2. The molecule has 10 heteroatoms. The first-order valence-electron chi connectivity index (χ1n) is 21.7. The van der Waals surface area contributed by atoms with Crippen LogP contribution >= 0.6 is 60.3 Å². The van der Waals surface area contributed by atoms with Crippen LogP contribution in [0.1, 0.15) is 12.8 Å². The van der Waals surface area contributed by atoms with E-state index in [1.54, 1.807) is 0 Å². The molecular formula is C56H60Cl3O2P4Re. The molecule has 0 aliphatic rings. The number of rotatable bonds is 16. The van der Waals surface area contributed by atoms with Gasteiger partial charge in [0.2, 0.25) is 0 Å². The van der Waals surface area contributed by atoms with Crippen LogP contribution < -0.4 is 42.4 Å². The van der Waals surface area contributed by atoms with E-state index in [1.165, 1.54) is 79.9 Å². The van der Waals surface area contributed by atoms with E-state index < -0.39 is 13.7 Å². The summed E-state index contributed by atoms with van der Waals surface area (Å²) in [5.74, 6) is 0. The average Bonchev–Trinajstić information content (AvgIpc) is 3.40. The number of halogens is 3. The predicted octanol–water partition coefficient (Wildman–Crippen LogP) is 12.6. The maximum atomic E-state index is 7.00. The number of aliphatic hydroxyl groups excluding tert-OH is 2. The minimum Gasteiger partial charge on any atom is -0.0622 e. The topological polar surface area (TPSA) is 40.5 Å². The molecule has 0 bridgehead atoms. The molecule has 8 aromatic rings. The molecule has 0 unspecified atom stereocenters. The maximum absolute atomic E-state index is 7.00. The molecule has 0 spiro atoms. The van der Waals surface area contributed by atoms with Gasteiger partial charge in [-0.05, 0) is 112 Å². The van der Waals surface area contributed by atoms with E-state index >= 15 is 0 Å². The van der Waals surface area contributed by atoms with Crippen molar-refractivity contribution in [2.75, 3.05) is 38.9 Å². The molecule has 0 aliphatic heterocycles. The molecule has 0 saturated heterocycles. The summed E-state index contributed by atoms with van der Waals surface area (Å²) in [6, 6.07) is 88.6. The van der Waals surface area contributed by atoms with E-state index in [2.05, 4.69) is 243 Å². The summed E-state index contributed by atoms with van der Waals surface area (Å²) in [6.07, 6.45) is 7.43. The largest absolute Gasteiger partial charge is 0.0622 e. The van der Waals surface area contributed by atoms with Gasteiger partial charge in [0.15, 0.2) is 0 Å². The summed E-state index contributed by atoms with van der Waals surface area (Å²) in [5.41, 5.74) is 0. The van der Waals surface area contributed by atoms with Crippen molar-refractivity contribution in [1.82, 2.24) is 0 Å². The van der Waals surface area contributed by atoms with Gasteiger partial charge in [0, 0.05) is 14.2 Å². The van der Waals surface area contributed by atoms with Crippen LogP contribution in [-0.2, 0) is 13.7 Å². The smallest absolute Gasteiger partial charge is 0.0195 e. The molecule has 0 saturated carbocycles. The van der Waals surface area contributed by atoms with Crippen molar-refractivity contribution in [3.63, 3.8) is 0 Å². The third-order valence-electron chi connectivity index (χ3n) is 10.1. The van der Waals surface area contributed by atoms with Crippen molar-refractivity contribution in [3.05, 3.63) is 243 Å². The van der Waals surface area contributed by atoms with Crippen LogP contribution in [0.15, 0.2) is 243 Å². The van der Waals surface area contributed by atoms with E-state index in [0.29, 0.717) is 0 Å². The Morgan fingerprint density at radius 3 is 0.470 bits per heavy atom. The van der Waals surface area contributed by atoms with Gasteiger partial charge in [-0.25, -0.2) is 0 Å². The zero-order valence-corrected chi connectivity index (χ0v) is 46.1. The molecule has 0 aromatic heterocycles. The van der Waals surface area contributed by atoms with Gasteiger partial charge in [-0.2, -0.15) is 0 Å². The number of benzene rings is 8. The zero-order valence-electron chi connectivity index (χ0n) is 37.5. The minimum atomic E-state index is -2.05. The van der Waals surface area contributed by atoms with E-state index in [-0.39, 0.29) is 31.7 Å². The van der Waals surface area contributed by atoms with Gasteiger partial charge in [-0.3, -0.25) is 0 Å². The van der Waals surface area contributed by atoms with Crippen LogP contribution in [-0.4, -0.2) is 49.1 Å². The third kappa shape index (κ3) is 19.9. The fourth-order valence-corrected chi connectivity index (χ4v) is 17.2. The molecule has 2 nitrogen and oxygen atoms in total. The second kappa shape index (κ2) is 34.3. The monoisotopic (exact) mass is 1180 g/mol. The van der Waals surface area contributed by atoms with Crippen molar-refractivity contribution in [2.45, 2.75) is 12.8 Å². The Labute approximate surface area is 417 Å². The Morgan fingerprint density at radius 2 is 0.364 bits per heavy atom. The van der Waals surface area contributed by atoms with Gasteiger partial charge in [0.1, 0.15) is 0 Å². The molecule has 8 rings (SSSR count). The molecule has 8 aromatic carbocycles. The average molecular weight is 1180 g/mol. The van der Waals surface area contributed by atoms with Crippen LogP contribution in [0, 0.1) is 0 Å². The van der Waals surface area contributed by atoms with E-state index in [0.717, 1.165) is 14.2 Å². The molecule has 2 N–H and O–H groups in total. The number of hydrogen-bond acceptors (Lipinski definition) is 2. The number of hydrogen-bond donors (Lipinski definition) is 2. The maximum Gasteiger partial charge on any atom is -0.0195 e. The summed E-state index contributed by atoms with van der Waals surface area (Å²) in [7, 11) is 15.7. The Balaban J connectivity index is 0.000000250. The Morgan fingerprint density at radius 1 is 0.258 bits per heavy atom. The molecule has 0 fully saturated rings. The molecular weight excluding hydrogens is 1120 g/mol. The first-order chi connectivity index (χ1) is 32.6. The Bertz CT molecular complexity index is 1870. The van der Waals surface area contributed by atoms with Crippen LogP contribution in [0.2, 0.25) is 0 Å². The van der Waals surface area contributed by atoms with Crippen molar-refractivity contribution in [3.8, 4) is 0 Å². The van der Waals surface area contributed by atoms with Crippen LogP contribution in [0.5, 0.6) is 0 Å². The van der Waals surface area contributed by atoms with Crippen LogP contribution in [0.25, 0.3) is 0 Å². The third-order valence-corrected chi connectivity index (χ3v) is 20.5. The molecule has 344 valence electrons. The van der Waals surface area contributed by atoms with Gasteiger partial charge in [0.25, 0.3) is 0 Å². The summed E-state index contributed by atoms with van der Waals surface area (Å²) in [5, 5.41) is 25.9. The van der Waals surface area contributed by atoms with Crippen LogP contribution in [0.3, 0.4) is 0 Å². The summed E-state index contributed by atoms with van der Waals surface area (Å²) in [4.78, 5) is 0. The first-order valence-corrected chi connectivity index (χ1v) is 37.9. The van der Waals surface area contributed by atoms with Gasteiger partial charge in [-0.15, -0.1) is 0 Å². The van der Waals surface area contributed by atoms with Crippen molar-refractivity contribution in [1.29, 1.82) is 0 Å². The van der Waals surface area contributed by atoms with Crippen molar-refractivity contribution < 1.29 is 23.9 Å². The van der Waals surface area contributed by atoms with Crippen molar-refractivity contribution in [2.24, 2.45) is 0 Å². The van der Waals surface area contributed by atoms with Gasteiger partial charge >= 0.3 is 42.3 Å². The Kier molecular flexibility index (Phi) is 28.8. The normalized spacial score (nSPS) is 10.6. The molecule has 0 atom stereocenters. The molecule has 0 amide bonds. The van der Waals surface area contributed by atoms with E-state index in [1.807, 2.05) is 0 Å². The fraction of sp³-hybridized carbons (Fsp3) is 0.143. The quantitative estimate of drug-likeness (QED) is 0.0947. The summed E-state index contributed by atoms with van der Waals surface area (Å²) >= 11 is -2.05.